The smallest absolute Gasteiger partial charge is 0.0656 e. The second-order valence-corrected chi connectivity index (χ2v) is 6.14. The molecule has 0 bridgehead atoms. The molecule has 0 aromatic heterocycles. The minimum absolute atomic E-state index is 0.0119. The molecule has 112 valence electrons. The number of nitrogens with zero attached hydrogens (tertiary/aromatic N) is 2. The first-order valence-electron chi connectivity index (χ1n) is 7.39. The highest BCUT2D eigenvalue weighted by molar-refractivity contribution is 5.24. The van der Waals surface area contributed by atoms with E-state index in [0.29, 0.717) is 6.04 Å². The van der Waals surface area contributed by atoms with Crippen LogP contribution in [-0.2, 0) is 5.54 Å². The average Bonchev–Trinajstić information content (AvgIpc) is 2.95. The van der Waals surface area contributed by atoms with Crippen molar-refractivity contribution in [3.63, 3.8) is 0 Å². The number of nitrogens with two attached hydrogens (primary N) is 1. The average molecular weight is 277 g/mol. The van der Waals surface area contributed by atoms with Crippen molar-refractivity contribution < 1.29 is 5.11 Å². The molecule has 3 N–H and O–H groups in total. The van der Waals surface area contributed by atoms with Gasteiger partial charge in [0.05, 0.1) is 12.1 Å². The summed E-state index contributed by atoms with van der Waals surface area (Å²) in [6.07, 6.45) is 2.00. The van der Waals surface area contributed by atoms with Crippen LogP contribution in [0.25, 0.3) is 0 Å². The van der Waals surface area contributed by atoms with Crippen molar-refractivity contribution in [2.45, 2.75) is 24.4 Å². The predicted molar refractivity (Wildman–Crippen MR) is 82.5 cm³/mol. The summed E-state index contributed by atoms with van der Waals surface area (Å²) in [6, 6.07) is 10.6. The lowest BCUT2D eigenvalue weighted by molar-refractivity contribution is 0.168. The fourth-order valence-electron chi connectivity index (χ4n) is 2.88. The largest absolute Gasteiger partial charge is 0.394 e. The van der Waals surface area contributed by atoms with Crippen LogP contribution in [0.2, 0.25) is 0 Å². The van der Waals surface area contributed by atoms with Crippen LogP contribution in [0.4, 0.5) is 0 Å². The molecule has 0 spiro atoms. The Morgan fingerprint density at radius 3 is 2.60 bits per heavy atom. The van der Waals surface area contributed by atoms with E-state index >= 15 is 0 Å². The number of likely N-dealkylation sites (N-methyl/N-ethyl adjacent to an activating group) is 1. The van der Waals surface area contributed by atoms with Crippen LogP contribution in [0.5, 0.6) is 0 Å². The Balaban J connectivity index is 1.92. The molecule has 1 aromatic rings. The van der Waals surface area contributed by atoms with Gasteiger partial charge in [0.1, 0.15) is 0 Å². The van der Waals surface area contributed by atoms with E-state index in [-0.39, 0.29) is 6.61 Å². The van der Waals surface area contributed by atoms with E-state index in [2.05, 4.69) is 23.9 Å². The number of aliphatic hydroxyl groups excluding tert-OH is 1. The first-order chi connectivity index (χ1) is 9.55. The van der Waals surface area contributed by atoms with Gasteiger partial charge in [-0.25, -0.2) is 0 Å². The zero-order valence-corrected chi connectivity index (χ0v) is 12.6. The van der Waals surface area contributed by atoms with Gasteiger partial charge in [0.25, 0.3) is 0 Å². The molecule has 1 fully saturated rings. The third kappa shape index (κ3) is 3.58. The molecule has 1 aliphatic rings. The summed E-state index contributed by atoms with van der Waals surface area (Å²) in [5.74, 6) is 0. The number of aliphatic hydroxyl groups is 1. The quantitative estimate of drug-likeness (QED) is 0.810. The molecule has 0 aliphatic carbocycles. The van der Waals surface area contributed by atoms with Crippen LogP contribution in [0.1, 0.15) is 18.4 Å². The maximum Gasteiger partial charge on any atom is 0.0656 e. The van der Waals surface area contributed by atoms with Gasteiger partial charge in [-0.15, -0.1) is 0 Å². The summed E-state index contributed by atoms with van der Waals surface area (Å²) in [7, 11) is 4.28. The zero-order chi connectivity index (χ0) is 14.6. The molecule has 4 heteroatoms. The number of benzene rings is 1. The summed E-state index contributed by atoms with van der Waals surface area (Å²) < 4.78 is 0. The monoisotopic (exact) mass is 277 g/mol. The van der Waals surface area contributed by atoms with Gasteiger partial charge >= 0.3 is 0 Å². The standard InChI is InChI=1S/C16H27N3O/c1-18(2)15-8-10-19(12-15)11-9-16(17,13-20)14-6-4-3-5-7-14/h3-7,15,20H,8-13,17H2,1-2H3. The first kappa shape index (κ1) is 15.4. The van der Waals surface area contributed by atoms with Crippen molar-refractivity contribution >= 4 is 0 Å². The highest BCUT2D eigenvalue weighted by atomic mass is 16.3. The SMILES string of the molecule is CN(C)C1CCN(CCC(N)(CO)c2ccccc2)C1. The van der Waals surface area contributed by atoms with Crippen molar-refractivity contribution in [1.82, 2.24) is 9.80 Å². The summed E-state index contributed by atoms with van der Waals surface area (Å²) in [5.41, 5.74) is 6.80. The maximum absolute atomic E-state index is 9.70. The Morgan fingerprint density at radius 2 is 2.05 bits per heavy atom. The third-order valence-corrected chi connectivity index (χ3v) is 4.48. The molecular weight excluding hydrogens is 250 g/mol. The molecule has 1 saturated heterocycles. The van der Waals surface area contributed by atoms with Crippen LogP contribution in [0.3, 0.4) is 0 Å². The van der Waals surface area contributed by atoms with Gasteiger partial charge in [-0.2, -0.15) is 0 Å². The Kier molecular flexibility index (Phi) is 5.16. The van der Waals surface area contributed by atoms with Gasteiger partial charge in [0.15, 0.2) is 0 Å². The van der Waals surface area contributed by atoms with E-state index in [1.807, 2.05) is 30.3 Å². The lowest BCUT2D eigenvalue weighted by atomic mass is 9.88. The second-order valence-electron chi connectivity index (χ2n) is 6.14. The summed E-state index contributed by atoms with van der Waals surface area (Å²) >= 11 is 0. The van der Waals surface area contributed by atoms with E-state index in [4.69, 9.17) is 5.73 Å². The molecule has 0 radical (unpaired) electrons. The number of hydrogen-bond donors (Lipinski definition) is 2. The van der Waals surface area contributed by atoms with E-state index in [9.17, 15) is 5.11 Å². The van der Waals surface area contributed by atoms with Crippen LogP contribution in [-0.4, -0.2) is 61.3 Å². The van der Waals surface area contributed by atoms with Gasteiger partial charge in [0, 0.05) is 19.1 Å². The van der Waals surface area contributed by atoms with Gasteiger partial charge < -0.3 is 20.6 Å². The molecule has 1 aromatic carbocycles. The molecule has 2 atom stereocenters. The summed E-state index contributed by atoms with van der Waals surface area (Å²) in [4.78, 5) is 4.74. The van der Waals surface area contributed by atoms with E-state index < -0.39 is 5.54 Å². The van der Waals surface area contributed by atoms with Crippen molar-refractivity contribution in [1.29, 1.82) is 0 Å². The minimum Gasteiger partial charge on any atom is -0.394 e. The van der Waals surface area contributed by atoms with Gasteiger partial charge in [-0.05, 0) is 39.0 Å². The first-order valence-corrected chi connectivity index (χ1v) is 7.39. The zero-order valence-electron chi connectivity index (χ0n) is 12.6. The maximum atomic E-state index is 9.70. The molecular formula is C16H27N3O. The van der Waals surface area contributed by atoms with E-state index in [0.717, 1.165) is 31.6 Å². The second kappa shape index (κ2) is 6.68. The molecule has 2 unspecified atom stereocenters. The van der Waals surface area contributed by atoms with Crippen LogP contribution >= 0.6 is 0 Å². The van der Waals surface area contributed by atoms with Crippen molar-refractivity contribution in [3.05, 3.63) is 35.9 Å². The normalized spacial score (nSPS) is 23.1. The Labute approximate surface area is 122 Å². The van der Waals surface area contributed by atoms with Gasteiger partial charge in [-0.3, -0.25) is 0 Å². The van der Waals surface area contributed by atoms with Crippen molar-refractivity contribution in [3.8, 4) is 0 Å². The highest BCUT2D eigenvalue weighted by Crippen LogP contribution is 2.23. The molecule has 1 heterocycles. The summed E-state index contributed by atoms with van der Waals surface area (Å²) in [6.45, 7) is 3.15. The molecule has 20 heavy (non-hydrogen) atoms. The van der Waals surface area contributed by atoms with Crippen LogP contribution in [0.15, 0.2) is 30.3 Å². The number of rotatable bonds is 6. The number of hydrogen-bond acceptors (Lipinski definition) is 4. The molecule has 0 amide bonds. The summed E-state index contributed by atoms with van der Waals surface area (Å²) in [5, 5.41) is 9.70. The molecule has 4 nitrogen and oxygen atoms in total. The Morgan fingerprint density at radius 1 is 1.35 bits per heavy atom. The predicted octanol–water partition coefficient (Wildman–Crippen LogP) is 0.859. The van der Waals surface area contributed by atoms with Crippen molar-refractivity contribution in [2.75, 3.05) is 40.3 Å². The molecule has 2 rings (SSSR count). The van der Waals surface area contributed by atoms with Gasteiger partial charge in [-0.1, -0.05) is 30.3 Å². The van der Waals surface area contributed by atoms with Crippen LogP contribution < -0.4 is 5.73 Å². The lowest BCUT2D eigenvalue weighted by Gasteiger charge is -2.30. The topological polar surface area (TPSA) is 52.7 Å². The highest BCUT2D eigenvalue weighted by Gasteiger charge is 2.29. The number of likely N-dealkylation sites (tertiary alicyclic amines) is 1. The van der Waals surface area contributed by atoms with Crippen molar-refractivity contribution in [2.24, 2.45) is 5.73 Å². The fourth-order valence-corrected chi connectivity index (χ4v) is 2.88. The van der Waals surface area contributed by atoms with E-state index in [1.54, 1.807) is 0 Å². The minimum atomic E-state index is -0.628. The molecule has 1 aliphatic heterocycles. The van der Waals surface area contributed by atoms with Gasteiger partial charge in [0.2, 0.25) is 0 Å². The van der Waals surface area contributed by atoms with Crippen LogP contribution in [0, 0.1) is 0 Å². The Bertz CT molecular complexity index is 409. The van der Waals surface area contributed by atoms with E-state index in [1.165, 1.54) is 6.42 Å². The fraction of sp³-hybridized carbons (Fsp3) is 0.625. The lowest BCUT2D eigenvalue weighted by Crippen LogP contribution is -2.43. The Hall–Kier alpha value is -0.940. The molecule has 0 saturated carbocycles. The third-order valence-electron chi connectivity index (χ3n) is 4.48.